The van der Waals surface area contributed by atoms with Crippen LogP contribution in [0.1, 0.15) is 50.5 Å². The Morgan fingerprint density at radius 2 is 1.70 bits per heavy atom. The Kier molecular flexibility index (Phi) is 6.05. The minimum atomic E-state index is -0.619. The van der Waals surface area contributed by atoms with Crippen molar-refractivity contribution in [2.45, 2.75) is 51.9 Å². The van der Waals surface area contributed by atoms with Crippen LogP contribution in [0.3, 0.4) is 0 Å². The fraction of sp³-hybridized carbons (Fsp3) is 0.609. The Bertz CT molecular complexity index is 818. The average Bonchev–Trinajstić information content (AvgIpc) is 2.66. The van der Waals surface area contributed by atoms with Crippen molar-refractivity contribution in [2.24, 2.45) is 23.2 Å². The molecule has 5 rings (SSSR count). The van der Waals surface area contributed by atoms with Crippen molar-refractivity contribution in [3.8, 4) is 0 Å². The molecule has 30 heavy (non-hydrogen) atoms. The van der Waals surface area contributed by atoms with Crippen molar-refractivity contribution in [3.05, 3.63) is 28.8 Å². The molecule has 4 saturated carbocycles. The molecule has 0 heterocycles. The molecule has 0 spiro atoms. The number of esters is 1. The number of aryl methyl sites for hydroxylation is 1. The van der Waals surface area contributed by atoms with Gasteiger partial charge < -0.3 is 15.4 Å². The van der Waals surface area contributed by atoms with Crippen molar-refractivity contribution < 1.29 is 19.1 Å². The maximum atomic E-state index is 12.5. The molecular weight excluding hydrogens is 404 g/mol. The number of hydrogen-bond acceptors (Lipinski definition) is 4. The summed E-state index contributed by atoms with van der Waals surface area (Å²) in [5.41, 5.74) is 1.58. The quantitative estimate of drug-likeness (QED) is 0.641. The summed E-state index contributed by atoms with van der Waals surface area (Å²) in [5.74, 6) is 1.20. The zero-order valence-corrected chi connectivity index (χ0v) is 18.1. The van der Waals surface area contributed by atoms with Gasteiger partial charge in [0.25, 0.3) is 5.91 Å². The molecule has 0 saturated heterocycles. The summed E-state index contributed by atoms with van der Waals surface area (Å²) < 4.78 is 4.98. The van der Waals surface area contributed by atoms with E-state index in [0.717, 1.165) is 42.6 Å². The number of nitrogens with one attached hydrogen (secondary N) is 2. The molecule has 2 amide bonds. The summed E-state index contributed by atoms with van der Waals surface area (Å²) in [5, 5.41) is 5.86. The van der Waals surface area contributed by atoms with Crippen LogP contribution in [0.25, 0.3) is 0 Å². The van der Waals surface area contributed by atoms with Crippen LogP contribution in [-0.2, 0) is 19.1 Å². The van der Waals surface area contributed by atoms with Gasteiger partial charge in [0, 0.05) is 17.1 Å². The van der Waals surface area contributed by atoms with Crippen LogP contribution in [0.2, 0.25) is 5.02 Å². The lowest BCUT2D eigenvalue weighted by Gasteiger charge is -2.56. The zero-order chi connectivity index (χ0) is 21.3. The third-order valence-electron chi connectivity index (χ3n) is 6.95. The fourth-order valence-corrected chi connectivity index (χ4v) is 6.33. The number of amides is 2. The fourth-order valence-electron chi connectivity index (χ4n) is 6.15. The number of carbonyl (C=O) groups is 3. The molecule has 4 fully saturated rings. The Hall–Kier alpha value is -2.08. The third kappa shape index (κ3) is 4.97. The van der Waals surface area contributed by atoms with E-state index in [1.54, 1.807) is 18.2 Å². The van der Waals surface area contributed by atoms with E-state index in [0.29, 0.717) is 17.1 Å². The molecule has 4 bridgehead atoms. The lowest BCUT2D eigenvalue weighted by Crippen LogP contribution is -2.48. The maximum absolute atomic E-state index is 12.5. The van der Waals surface area contributed by atoms with E-state index in [2.05, 4.69) is 10.6 Å². The number of benzene rings is 1. The number of anilines is 1. The van der Waals surface area contributed by atoms with Gasteiger partial charge in [-0.1, -0.05) is 17.7 Å². The molecule has 7 heteroatoms. The minimum absolute atomic E-state index is 0.0901. The summed E-state index contributed by atoms with van der Waals surface area (Å²) in [6.07, 6.45) is 7.97. The highest BCUT2D eigenvalue weighted by atomic mass is 35.5. The number of hydrogen-bond donors (Lipinski definition) is 2. The van der Waals surface area contributed by atoms with Crippen molar-refractivity contribution in [1.29, 1.82) is 0 Å². The van der Waals surface area contributed by atoms with Gasteiger partial charge in [-0.05, 0) is 86.3 Å². The monoisotopic (exact) mass is 432 g/mol. The molecule has 0 aromatic heterocycles. The Morgan fingerprint density at radius 3 is 2.30 bits per heavy atom. The van der Waals surface area contributed by atoms with E-state index in [-0.39, 0.29) is 17.9 Å². The molecule has 1 aromatic carbocycles. The van der Waals surface area contributed by atoms with Crippen molar-refractivity contribution >= 4 is 35.1 Å². The van der Waals surface area contributed by atoms with Gasteiger partial charge in [-0.15, -0.1) is 0 Å². The average molecular weight is 433 g/mol. The second kappa shape index (κ2) is 8.58. The van der Waals surface area contributed by atoms with Crippen LogP contribution in [0.5, 0.6) is 0 Å². The van der Waals surface area contributed by atoms with Gasteiger partial charge in [0.1, 0.15) is 6.54 Å². The van der Waals surface area contributed by atoms with Crippen LogP contribution < -0.4 is 10.6 Å². The lowest BCUT2D eigenvalue weighted by molar-refractivity contribution is -0.147. The molecule has 0 atom stereocenters. The zero-order valence-electron chi connectivity index (χ0n) is 17.3. The lowest BCUT2D eigenvalue weighted by atomic mass is 9.49. The van der Waals surface area contributed by atoms with Crippen molar-refractivity contribution in [2.75, 3.05) is 18.5 Å². The summed E-state index contributed by atoms with van der Waals surface area (Å²) in [7, 11) is 0. The predicted molar refractivity (Wildman–Crippen MR) is 114 cm³/mol. The summed E-state index contributed by atoms with van der Waals surface area (Å²) >= 11 is 6.03. The SMILES string of the molecule is Cc1ccc(NC(=O)COC(=O)CNC(=O)CC23CC4CC(CC(C4)C2)C3)cc1Cl. The first kappa shape index (κ1) is 21.2. The van der Waals surface area contributed by atoms with Gasteiger partial charge in [-0.2, -0.15) is 0 Å². The highest BCUT2D eigenvalue weighted by Crippen LogP contribution is 2.61. The first-order valence-electron chi connectivity index (χ1n) is 10.8. The largest absolute Gasteiger partial charge is 0.454 e. The first-order chi connectivity index (χ1) is 14.3. The van der Waals surface area contributed by atoms with Crippen LogP contribution in [0, 0.1) is 30.1 Å². The molecule has 4 aliphatic rings. The maximum Gasteiger partial charge on any atom is 0.325 e. The second-order valence-corrected chi connectivity index (χ2v) is 9.95. The number of ether oxygens (including phenoxy) is 1. The molecule has 4 aliphatic carbocycles. The van der Waals surface area contributed by atoms with E-state index < -0.39 is 18.5 Å². The topological polar surface area (TPSA) is 84.5 Å². The van der Waals surface area contributed by atoms with E-state index in [4.69, 9.17) is 16.3 Å². The van der Waals surface area contributed by atoms with E-state index in [9.17, 15) is 14.4 Å². The highest BCUT2D eigenvalue weighted by Gasteiger charge is 2.51. The smallest absolute Gasteiger partial charge is 0.325 e. The molecule has 2 N–H and O–H groups in total. The van der Waals surface area contributed by atoms with Crippen LogP contribution in [0.15, 0.2) is 18.2 Å². The van der Waals surface area contributed by atoms with Crippen molar-refractivity contribution in [1.82, 2.24) is 5.32 Å². The Balaban J connectivity index is 1.17. The molecule has 0 aliphatic heterocycles. The van der Waals surface area contributed by atoms with Crippen molar-refractivity contribution in [3.63, 3.8) is 0 Å². The first-order valence-corrected chi connectivity index (χ1v) is 11.2. The van der Waals surface area contributed by atoms with Gasteiger partial charge in [0.2, 0.25) is 5.91 Å². The predicted octanol–water partition coefficient (Wildman–Crippen LogP) is 3.85. The van der Waals surface area contributed by atoms with E-state index in [1.807, 2.05) is 6.92 Å². The summed E-state index contributed by atoms with van der Waals surface area (Å²) in [6.45, 7) is 1.25. The molecule has 162 valence electrons. The molecule has 6 nitrogen and oxygen atoms in total. The van der Waals surface area contributed by atoms with Gasteiger partial charge >= 0.3 is 5.97 Å². The standard InChI is InChI=1S/C23H29ClN2O4/c1-14-2-3-18(7-19(14)24)26-21(28)13-30-22(29)12-25-20(27)11-23-8-15-4-16(9-23)6-17(5-15)10-23/h2-3,7,15-17H,4-6,8-13H2,1H3,(H,25,27)(H,26,28). The van der Waals surface area contributed by atoms with Crippen LogP contribution in [0.4, 0.5) is 5.69 Å². The Morgan fingerprint density at radius 1 is 1.07 bits per heavy atom. The van der Waals surface area contributed by atoms with Gasteiger partial charge in [-0.25, -0.2) is 0 Å². The molecule has 0 unspecified atom stereocenters. The Labute approximate surface area is 182 Å². The highest BCUT2D eigenvalue weighted by molar-refractivity contribution is 6.31. The van der Waals surface area contributed by atoms with Crippen LogP contribution >= 0.6 is 11.6 Å². The molecule has 0 radical (unpaired) electrons. The van der Waals surface area contributed by atoms with E-state index >= 15 is 0 Å². The normalized spacial score (nSPS) is 28.8. The van der Waals surface area contributed by atoms with Gasteiger partial charge in [-0.3, -0.25) is 14.4 Å². The number of rotatable bonds is 7. The number of carbonyl (C=O) groups excluding carboxylic acids is 3. The number of halogens is 1. The van der Waals surface area contributed by atoms with E-state index in [1.165, 1.54) is 19.3 Å². The minimum Gasteiger partial charge on any atom is -0.454 e. The summed E-state index contributed by atoms with van der Waals surface area (Å²) in [6, 6.07) is 5.16. The summed E-state index contributed by atoms with van der Waals surface area (Å²) in [4.78, 5) is 36.3. The van der Waals surface area contributed by atoms with Crippen LogP contribution in [-0.4, -0.2) is 30.9 Å². The third-order valence-corrected chi connectivity index (χ3v) is 7.36. The second-order valence-electron chi connectivity index (χ2n) is 9.54. The van der Waals surface area contributed by atoms with Gasteiger partial charge in [0.05, 0.1) is 0 Å². The molecular formula is C23H29ClN2O4. The molecule has 1 aromatic rings. The van der Waals surface area contributed by atoms with Gasteiger partial charge in [0.15, 0.2) is 6.61 Å².